The molecule has 0 fully saturated rings. The maximum absolute atomic E-state index is 11.1. The summed E-state index contributed by atoms with van der Waals surface area (Å²) in [5, 5.41) is 13.6. The van der Waals surface area contributed by atoms with E-state index in [1.165, 1.54) is 6.33 Å². The molecule has 2 rings (SSSR count). The summed E-state index contributed by atoms with van der Waals surface area (Å²) < 4.78 is 5.08. The number of aryl methyl sites for hydroxylation is 1. The molecular weight excluding hydrogens is 248 g/mol. The van der Waals surface area contributed by atoms with Crippen LogP contribution in [0.4, 0.5) is 5.82 Å². The van der Waals surface area contributed by atoms with E-state index in [1.807, 2.05) is 20.8 Å². The lowest BCUT2D eigenvalue weighted by Crippen LogP contribution is -2.45. The van der Waals surface area contributed by atoms with E-state index in [4.69, 9.17) is 9.63 Å². The lowest BCUT2D eigenvalue weighted by atomic mass is 10.1. The fourth-order valence-electron chi connectivity index (χ4n) is 1.87. The maximum atomic E-state index is 11.1. The number of fused-ring (bicyclic) bond motifs is 1. The number of carboxylic acid groups (broad SMARTS) is 1. The first kappa shape index (κ1) is 13.3. The minimum atomic E-state index is -0.921. The van der Waals surface area contributed by atoms with Crippen LogP contribution in [0, 0.1) is 6.92 Å². The van der Waals surface area contributed by atoms with Crippen LogP contribution in [0.3, 0.4) is 0 Å². The largest absolute Gasteiger partial charge is 0.480 e. The van der Waals surface area contributed by atoms with E-state index < -0.39 is 11.5 Å². The lowest BCUT2D eigenvalue weighted by Gasteiger charge is -2.35. The Kier molecular flexibility index (Phi) is 3.13. The smallest absolute Gasteiger partial charge is 0.323 e. The molecule has 7 heteroatoms. The van der Waals surface area contributed by atoms with Gasteiger partial charge in [0.1, 0.15) is 24.1 Å². The summed E-state index contributed by atoms with van der Waals surface area (Å²) in [5.41, 5.74) is 0.607. The van der Waals surface area contributed by atoms with Gasteiger partial charge >= 0.3 is 5.97 Å². The zero-order chi connectivity index (χ0) is 14.2. The second kappa shape index (κ2) is 4.49. The van der Waals surface area contributed by atoms with E-state index in [0.29, 0.717) is 22.6 Å². The Morgan fingerprint density at radius 1 is 1.42 bits per heavy atom. The fraction of sp³-hybridized carbons (Fsp3) is 0.500. The normalized spacial score (nSPS) is 11.8. The van der Waals surface area contributed by atoms with Crippen molar-refractivity contribution in [3.63, 3.8) is 0 Å². The van der Waals surface area contributed by atoms with Crippen molar-refractivity contribution < 1.29 is 14.4 Å². The van der Waals surface area contributed by atoms with Crippen LogP contribution in [0.5, 0.6) is 0 Å². The molecule has 0 amide bonds. The zero-order valence-corrected chi connectivity index (χ0v) is 11.3. The van der Waals surface area contributed by atoms with Gasteiger partial charge in [0.2, 0.25) is 0 Å². The molecule has 0 aliphatic heterocycles. The summed E-state index contributed by atoms with van der Waals surface area (Å²) in [6.07, 6.45) is 1.35. The van der Waals surface area contributed by atoms with E-state index >= 15 is 0 Å². The quantitative estimate of drug-likeness (QED) is 0.900. The van der Waals surface area contributed by atoms with Gasteiger partial charge in [-0.15, -0.1) is 0 Å². The molecule has 0 spiro atoms. The maximum Gasteiger partial charge on any atom is 0.323 e. The van der Waals surface area contributed by atoms with Crippen LogP contribution in [0.25, 0.3) is 11.1 Å². The molecule has 2 aromatic heterocycles. The predicted octanol–water partition coefficient (Wildman–Crippen LogP) is 1.62. The summed E-state index contributed by atoms with van der Waals surface area (Å²) in [4.78, 5) is 21.0. The van der Waals surface area contributed by atoms with Crippen LogP contribution < -0.4 is 4.90 Å². The molecule has 0 aliphatic carbocycles. The molecule has 2 aromatic rings. The van der Waals surface area contributed by atoms with Crippen molar-refractivity contribution in [3.8, 4) is 0 Å². The second-order valence-corrected chi connectivity index (χ2v) is 5.30. The van der Waals surface area contributed by atoms with Gasteiger partial charge in [-0.05, 0) is 27.7 Å². The number of aliphatic carboxylic acids is 1. The average molecular weight is 264 g/mol. The van der Waals surface area contributed by atoms with Crippen molar-refractivity contribution in [1.82, 2.24) is 15.1 Å². The minimum Gasteiger partial charge on any atom is -0.480 e. The van der Waals surface area contributed by atoms with Crippen molar-refractivity contribution in [2.24, 2.45) is 0 Å². The van der Waals surface area contributed by atoms with E-state index in [-0.39, 0.29) is 6.54 Å². The first-order valence-corrected chi connectivity index (χ1v) is 5.87. The molecule has 0 aliphatic rings. The predicted molar refractivity (Wildman–Crippen MR) is 69.1 cm³/mol. The third-order valence-corrected chi connectivity index (χ3v) is 2.78. The molecular formula is C12H16N4O3. The van der Waals surface area contributed by atoms with Crippen LogP contribution in [0.2, 0.25) is 0 Å². The number of carboxylic acids is 1. The molecule has 0 radical (unpaired) electrons. The molecule has 0 saturated carbocycles. The van der Waals surface area contributed by atoms with Gasteiger partial charge in [-0.1, -0.05) is 5.16 Å². The molecule has 0 unspecified atom stereocenters. The van der Waals surface area contributed by atoms with Gasteiger partial charge in [0.05, 0.1) is 5.69 Å². The van der Waals surface area contributed by atoms with Gasteiger partial charge in [-0.2, -0.15) is 4.98 Å². The molecule has 102 valence electrons. The van der Waals surface area contributed by atoms with Crippen molar-refractivity contribution in [3.05, 3.63) is 12.0 Å². The molecule has 0 aromatic carbocycles. The zero-order valence-electron chi connectivity index (χ0n) is 11.3. The van der Waals surface area contributed by atoms with E-state index in [0.717, 1.165) is 0 Å². The number of nitrogens with zero attached hydrogens (tertiary/aromatic N) is 4. The molecule has 0 atom stereocenters. The third kappa shape index (κ3) is 2.49. The van der Waals surface area contributed by atoms with Gasteiger partial charge in [-0.3, -0.25) is 4.79 Å². The van der Waals surface area contributed by atoms with Gasteiger partial charge in [0.25, 0.3) is 5.71 Å². The highest BCUT2D eigenvalue weighted by atomic mass is 16.5. The van der Waals surface area contributed by atoms with Crippen LogP contribution in [-0.2, 0) is 4.79 Å². The Labute approximate surface area is 110 Å². The minimum absolute atomic E-state index is 0.153. The highest BCUT2D eigenvalue weighted by Crippen LogP contribution is 2.30. The molecule has 2 heterocycles. The Morgan fingerprint density at radius 3 is 2.68 bits per heavy atom. The van der Waals surface area contributed by atoms with Crippen molar-refractivity contribution in [2.45, 2.75) is 33.2 Å². The standard InChI is InChI=1S/C12H16N4O3/c1-7-9-10(13-6-14-11(9)19-15-7)16(5-8(17)18)12(2,3)4/h6H,5H2,1-4H3,(H,17,18). The fourth-order valence-corrected chi connectivity index (χ4v) is 1.87. The number of hydrogen-bond donors (Lipinski definition) is 1. The molecule has 1 N–H and O–H groups in total. The number of carbonyl (C=O) groups is 1. The number of rotatable bonds is 3. The Balaban J connectivity index is 2.62. The van der Waals surface area contributed by atoms with Crippen LogP contribution in [0.1, 0.15) is 26.5 Å². The van der Waals surface area contributed by atoms with Crippen molar-refractivity contribution in [2.75, 3.05) is 11.4 Å². The summed E-state index contributed by atoms with van der Waals surface area (Å²) in [7, 11) is 0. The second-order valence-electron chi connectivity index (χ2n) is 5.30. The lowest BCUT2D eigenvalue weighted by molar-refractivity contribution is -0.135. The van der Waals surface area contributed by atoms with Gasteiger partial charge in [0, 0.05) is 5.54 Å². The molecule has 7 nitrogen and oxygen atoms in total. The highest BCUT2D eigenvalue weighted by molar-refractivity contribution is 5.89. The molecule has 0 bridgehead atoms. The van der Waals surface area contributed by atoms with Crippen LogP contribution >= 0.6 is 0 Å². The van der Waals surface area contributed by atoms with Crippen molar-refractivity contribution >= 4 is 22.9 Å². The SMILES string of the molecule is Cc1noc2ncnc(N(CC(=O)O)C(C)(C)C)c12. The number of anilines is 1. The van der Waals surface area contributed by atoms with Crippen LogP contribution in [-0.4, -0.2) is 38.3 Å². The Bertz CT molecular complexity index is 615. The highest BCUT2D eigenvalue weighted by Gasteiger charge is 2.28. The number of hydrogen-bond acceptors (Lipinski definition) is 6. The molecule has 19 heavy (non-hydrogen) atoms. The summed E-state index contributed by atoms with van der Waals surface area (Å²) in [6, 6.07) is 0. The summed E-state index contributed by atoms with van der Waals surface area (Å²) >= 11 is 0. The molecule has 0 saturated heterocycles. The Morgan fingerprint density at radius 2 is 2.11 bits per heavy atom. The monoisotopic (exact) mass is 264 g/mol. The van der Waals surface area contributed by atoms with Gasteiger partial charge in [-0.25, -0.2) is 4.98 Å². The van der Waals surface area contributed by atoms with E-state index in [2.05, 4.69) is 15.1 Å². The van der Waals surface area contributed by atoms with E-state index in [9.17, 15) is 4.79 Å². The van der Waals surface area contributed by atoms with Crippen LogP contribution in [0.15, 0.2) is 10.9 Å². The Hall–Kier alpha value is -2.18. The van der Waals surface area contributed by atoms with Gasteiger partial charge in [0.15, 0.2) is 0 Å². The number of aromatic nitrogens is 3. The summed E-state index contributed by atoms with van der Waals surface area (Å²) in [5.74, 6) is -0.394. The first-order chi connectivity index (χ1) is 8.80. The van der Waals surface area contributed by atoms with Gasteiger partial charge < -0.3 is 14.5 Å². The van der Waals surface area contributed by atoms with E-state index in [1.54, 1.807) is 11.8 Å². The average Bonchev–Trinajstić information content (AvgIpc) is 2.67. The van der Waals surface area contributed by atoms with Crippen molar-refractivity contribution in [1.29, 1.82) is 0 Å². The first-order valence-electron chi connectivity index (χ1n) is 5.87. The topological polar surface area (TPSA) is 92.4 Å². The third-order valence-electron chi connectivity index (χ3n) is 2.78. The summed E-state index contributed by atoms with van der Waals surface area (Å²) in [6.45, 7) is 7.40.